The van der Waals surface area contributed by atoms with Crippen LogP contribution in [0.15, 0.2) is 31.1 Å². The van der Waals surface area contributed by atoms with E-state index in [1.54, 1.807) is 16.8 Å². The average molecular weight is 255 g/mol. The molecule has 0 aliphatic heterocycles. The standard InChI is InChI=1S/C12H9N5O2/c1-7-2-9(8-3-13-5-14-4-8)16-11-10(12(18)19)15-6-17(7)11/h2-6H,1H3,(H,18,19). The number of hydrogen-bond donors (Lipinski definition) is 1. The second-order valence-corrected chi connectivity index (χ2v) is 4.00. The molecule has 0 atom stereocenters. The Morgan fingerprint density at radius 1 is 1.32 bits per heavy atom. The van der Waals surface area contributed by atoms with Gasteiger partial charge in [-0.1, -0.05) is 0 Å². The highest BCUT2D eigenvalue weighted by Gasteiger charge is 2.15. The first-order chi connectivity index (χ1) is 9.16. The lowest BCUT2D eigenvalue weighted by Gasteiger charge is -2.04. The molecule has 3 heterocycles. The average Bonchev–Trinajstić information content (AvgIpc) is 2.84. The molecule has 0 radical (unpaired) electrons. The van der Waals surface area contributed by atoms with Gasteiger partial charge in [-0.3, -0.25) is 4.40 Å². The van der Waals surface area contributed by atoms with Crippen LogP contribution in [0.25, 0.3) is 16.9 Å². The Morgan fingerprint density at radius 2 is 2.05 bits per heavy atom. The molecule has 1 N–H and O–H groups in total. The molecule has 0 aromatic carbocycles. The van der Waals surface area contributed by atoms with Crippen LogP contribution in [0.2, 0.25) is 0 Å². The smallest absolute Gasteiger partial charge is 0.358 e. The van der Waals surface area contributed by atoms with Gasteiger partial charge in [-0.2, -0.15) is 0 Å². The van der Waals surface area contributed by atoms with Gasteiger partial charge in [0.1, 0.15) is 12.7 Å². The first kappa shape index (κ1) is 11.3. The van der Waals surface area contributed by atoms with Crippen molar-refractivity contribution >= 4 is 11.6 Å². The zero-order valence-electron chi connectivity index (χ0n) is 9.98. The number of rotatable bonds is 2. The second-order valence-electron chi connectivity index (χ2n) is 4.00. The Labute approximate surface area is 107 Å². The van der Waals surface area contributed by atoms with Crippen LogP contribution in [-0.2, 0) is 0 Å². The van der Waals surface area contributed by atoms with Crippen LogP contribution in [0.3, 0.4) is 0 Å². The van der Waals surface area contributed by atoms with Gasteiger partial charge in [0.15, 0.2) is 11.3 Å². The molecule has 0 amide bonds. The molecule has 3 aromatic rings. The third kappa shape index (κ3) is 1.81. The van der Waals surface area contributed by atoms with Gasteiger partial charge in [-0.05, 0) is 13.0 Å². The summed E-state index contributed by atoms with van der Waals surface area (Å²) in [6.07, 6.45) is 6.13. The van der Waals surface area contributed by atoms with Crippen LogP contribution in [0.1, 0.15) is 16.2 Å². The summed E-state index contributed by atoms with van der Waals surface area (Å²) in [5, 5.41) is 9.08. The van der Waals surface area contributed by atoms with E-state index in [2.05, 4.69) is 19.9 Å². The predicted molar refractivity (Wildman–Crippen MR) is 65.7 cm³/mol. The first-order valence-corrected chi connectivity index (χ1v) is 5.50. The van der Waals surface area contributed by atoms with Gasteiger partial charge >= 0.3 is 5.97 Å². The summed E-state index contributed by atoms with van der Waals surface area (Å²) in [6, 6.07) is 1.83. The molecular formula is C12H9N5O2. The fraction of sp³-hybridized carbons (Fsp3) is 0.0833. The summed E-state index contributed by atoms with van der Waals surface area (Å²) < 4.78 is 1.64. The molecule has 0 saturated heterocycles. The van der Waals surface area contributed by atoms with E-state index in [9.17, 15) is 4.79 Å². The van der Waals surface area contributed by atoms with Gasteiger partial charge in [-0.25, -0.2) is 24.7 Å². The number of aromatic carboxylic acids is 1. The minimum Gasteiger partial charge on any atom is -0.476 e. The van der Waals surface area contributed by atoms with Crippen LogP contribution in [0.5, 0.6) is 0 Å². The number of aryl methyl sites for hydroxylation is 1. The minimum atomic E-state index is -1.10. The number of hydrogen-bond acceptors (Lipinski definition) is 5. The van der Waals surface area contributed by atoms with Gasteiger partial charge in [0.25, 0.3) is 0 Å². The predicted octanol–water partition coefficient (Wildman–Crippen LogP) is 1.19. The van der Waals surface area contributed by atoms with Gasteiger partial charge in [-0.15, -0.1) is 0 Å². The number of carboxylic acid groups (broad SMARTS) is 1. The van der Waals surface area contributed by atoms with Crippen molar-refractivity contribution in [1.82, 2.24) is 24.3 Å². The maximum atomic E-state index is 11.1. The zero-order chi connectivity index (χ0) is 13.4. The third-order valence-corrected chi connectivity index (χ3v) is 2.75. The molecule has 3 aromatic heterocycles. The van der Waals surface area contributed by atoms with Crippen molar-refractivity contribution < 1.29 is 9.90 Å². The SMILES string of the molecule is Cc1cc(-c2cncnc2)nc2c(C(=O)O)ncn12. The van der Waals surface area contributed by atoms with Crippen molar-refractivity contribution in [3.05, 3.63) is 42.5 Å². The summed E-state index contributed by atoms with van der Waals surface area (Å²) in [4.78, 5) is 27.1. The summed E-state index contributed by atoms with van der Waals surface area (Å²) in [6.45, 7) is 1.86. The lowest BCUT2D eigenvalue weighted by molar-refractivity contribution is 0.0693. The lowest BCUT2D eigenvalue weighted by Crippen LogP contribution is -2.01. The van der Waals surface area contributed by atoms with E-state index in [0.717, 1.165) is 11.3 Å². The van der Waals surface area contributed by atoms with E-state index in [1.807, 2.05) is 13.0 Å². The number of imidazole rings is 1. The fourth-order valence-corrected chi connectivity index (χ4v) is 1.85. The highest BCUT2D eigenvalue weighted by Crippen LogP contribution is 2.19. The molecular weight excluding hydrogens is 246 g/mol. The molecule has 94 valence electrons. The Morgan fingerprint density at radius 3 is 2.74 bits per heavy atom. The Kier molecular flexibility index (Phi) is 2.45. The van der Waals surface area contributed by atoms with E-state index >= 15 is 0 Å². The third-order valence-electron chi connectivity index (χ3n) is 2.75. The molecule has 3 rings (SSSR count). The van der Waals surface area contributed by atoms with Crippen molar-refractivity contribution in [2.24, 2.45) is 0 Å². The van der Waals surface area contributed by atoms with Crippen molar-refractivity contribution in [2.75, 3.05) is 0 Å². The van der Waals surface area contributed by atoms with Crippen LogP contribution in [0, 0.1) is 6.92 Å². The Bertz CT molecular complexity index is 766. The van der Waals surface area contributed by atoms with E-state index in [-0.39, 0.29) is 5.69 Å². The maximum Gasteiger partial charge on any atom is 0.358 e. The molecule has 0 aliphatic carbocycles. The molecule has 7 heteroatoms. The molecule has 0 spiro atoms. The minimum absolute atomic E-state index is 0.0678. The number of nitrogens with zero attached hydrogens (tertiary/aromatic N) is 5. The topological polar surface area (TPSA) is 93.3 Å². The number of carbonyl (C=O) groups is 1. The zero-order valence-corrected chi connectivity index (χ0v) is 9.98. The van der Waals surface area contributed by atoms with Gasteiger partial charge < -0.3 is 5.11 Å². The van der Waals surface area contributed by atoms with Crippen LogP contribution < -0.4 is 0 Å². The highest BCUT2D eigenvalue weighted by atomic mass is 16.4. The van der Waals surface area contributed by atoms with E-state index in [4.69, 9.17) is 5.11 Å². The molecule has 0 fully saturated rings. The van der Waals surface area contributed by atoms with Crippen LogP contribution in [0.4, 0.5) is 0 Å². The summed E-state index contributed by atoms with van der Waals surface area (Å²) in [5.41, 5.74) is 2.43. The number of carboxylic acids is 1. The van der Waals surface area contributed by atoms with Crippen molar-refractivity contribution in [1.29, 1.82) is 0 Å². The van der Waals surface area contributed by atoms with E-state index in [1.165, 1.54) is 12.7 Å². The molecule has 0 unspecified atom stereocenters. The lowest BCUT2D eigenvalue weighted by atomic mass is 10.2. The fourth-order valence-electron chi connectivity index (χ4n) is 1.85. The highest BCUT2D eigenvalue weighted by molar-refractivity contribution is 5.92. The van der Waals surface area contributed by atoms with Crippen LogP contribution >= 0.6 is 0 Å². The Balaban J connectivity index is 2.28. The summed E-state index contributed by atoms with van der Waals surface area (Å²) in [5.74, 6) is -1.10. The van der Waals surface area contributed by atoms with Crippen LogP contribution in [-0.4, -0.2) is 35.4 Å². The second kappa shape index (κ2) is 4.13. The largest absolute Gasteiger partial charge is 0.476 e. The summed E-state index contributed by atoms with van der Waals surface area (Å²) >= 11 is 0. The molecule has 7 nitrogen and oxygen atoms in total. The van der Waals surface area contributed by atoms with Gasteiger partial charge in [0, 0.05) is 23.7 Å². The summed E-state index contributed by atoms with van der Waals surface area (Å²) in [7, 11) is 0. The quantitative estimate of drug-likeness (QED) is 0.739. The Hall–Kier alpha value is -2.83. The van der Waals surface area contributed by atoms with Crippen molar-refractivity contribution in [2.45, 2.75) is 6.92 Å². The monoisotopic (exact) mass is 255 g/mol. The van der Waals surface area contributed by atoms with E-state index < -0.39 is 5.97 Å². The molecule has 0 bridgehead atoms. The van der Waals surface area contributed by atoms with Crippen molar-refractivity contribution in [3.63, 3.8) is 0 Å². The van der Waals surface area contributed by atoms with Gasteiger partial charge in [0.05, 0.1) is 5.69 Å². The number of fused-ring (bicyclic) bond motifs is 1. The molecule has 0 aliphatic rings. The molecule has 19 heavy (non-hydrogen) atoms. The molecule has 0 saturated carbocycles. The van der Waals surface area contributed by atoms with Crippen molar-refractivity contribution in [3.8, 4) is 11.3 Å². The maximum absolute atomic E-state index is 11.1. The normalized spacial score (nSPS) is 10.8. The van der Waals surface area contributed by atoms with E-state index in [0.29, 0.717) is 11.3 Å². The number of aromatic nitrogens is 5. The van der Waals surface area contributed by atoms with Gasteiger partial charge in [0.2, 0.25) is 0 Å². The first-order valence-electron chi connectivity index (χ1n) is 5.50.